The van der Waals surface area contributed by atoms with Crippen LogP contribution in [0.4, 0.5) is 0 Å². The van der Waals surface area contributed by atoms with Crippen LogP contribution in [-0.2, 0) is 30.2 Å². The number of nitrogens with zero attached hydrogens (tertiary/aromatic N) is 5. The molecule has 3 aromatic rings. The topological polar surface area (TPSA) is 80.6 Å². The highest BCUT2D eigenvalue weighted by molar-refractivity contribution is 7.89. The number of ether oxygens (including phenoxy) is 1. The number of fused-ring (bicyclic) bond motifs is 1. The van der Waals surface area contributed by atoms with Crippen LogP contribution >= 0.6 is 0 Å². The summed E-state index contributed by atoms with van der Waals surface area (Å²) in [5, 5.41) is 4.25. The van der Waals surface area contributed by atoms with Crippen LogP contribution in [-0.4, -0.2) is 57.6 Å². The summed E-state index contributed by atoms with van der Waals surface area (Å²) in [5.41, 5.74) is 1.23. The maximum atomic E-state index is 13.5. The molecule has 0 amide bonds. The highest BCUT2D eigenvalue weighted by Crippen LogP contribution is 2.39. The lowest BCUT2D eigenvalue weighted by molar-refractivity contribution is 0.0568. The average molecular weight is 440 g/mol. The maximum absolute atomic E-state index is 13.5. The van der Waals surface area contributed by atoms with Crippen LogP contribution in [0.25, 0.3) is 0 Å². The third-order valence-electron chi connectivity index (χ3n) is 5.88. The number of rotatable bonds is 4. The molecule has 31 heavy (non-hydrogen) atoms. The zero-order valence-corrected chi connectivity index (χ0v) is 18.2. The van der Waals surface area contributed by atoms with E-state index in [2.05, 4.69) is 15.0 Å². The Kier molecular flexibility index (Phi) is 5.04. The molecule has 0 N–H and O–H groups in total. The summed E-state index contributed by atoms with van der Waals surface area (Å²) in [5.74, 6) is 0.425. The second kappa shape index (κ2) is 7.74. The summed E-state index contributed by atoms with van der Waals surface area (Å²) in [6.45, 7) is 2.72. The van der Waals surface area contributed by atoms with Gasteiger partial charge in [0.15, 0.2) is 0 Å². The summed E-state index contributed by atoms with van der Waals surface area (Å²) in [6.07, 6.45) is 6.30. The molecule has 1 aromatic carbocycles. The molecule has 0 unspecified atom stereocenters. The Morgan fingerprint density at radius 2 is 1.94 bits per heavy atom. The molecule has 162 valence electrons. The van der Waals surface area contributed by atoms with Gasteiger partial charge in [0.05, 0.1) is 25.0 Å². The van der Waals surface area contributed by atoms with Gasteiger partial charge >= 0.3 is 0 Å². The molecule has 1 fully saturated rings. The van der Waals surface area contributed by atoms with E-state index in [0.717, 1.165) is 25.1 Å². The summed E-state index contributed by atoms with van der Waals surface area (Å²) in [6, 6.07) is 12.5. The van der Waals surface area contributed by atoms with Crippen molar-refractivity contribution in [1.29, 1.82) is 0 Å². The van der Waals surface area contributed by atoms with Gasteiger partial charge in [-0.1, -0.05) is 18.2 Å². The van der Waals surface area contributed by atoms with Crippen molar-refractivity contribution >= 4 is 10.0 Å². The number of para-hydroxylation sites is 1. The SMILES string of the molecule is Cn1cc(CN2CC[C@@]3(C2)CN(Cc2ccccn2)S(=O)(=O)c2ccccc2O3)cn1. The fourth-order valence-electron chi connectivity index (χ4n) is 4.46. The lowest BCUT2D eigenvalue weighted by atomic mass is 10.0. The first kappa shape index (κ1) is 20.2. The molecular weight excluding hydrogens is 414 g/mol. The predicted molar refractivity (Wildman–Crippen MR) is 115 cm³/mol. The minimum Gasteiger partial charge on any atom is -0.483 e. The summed E-state index contributed by atoms with van der Waals surface area (Å²) < 4.78 is 36.9. The first-order chi connectivity index (χ1) is 14.9. The second-order valence-electron chi connectivity index (χ2n) is 8.31. The third kappa shape index (κ3) is 3.96. The van der Waals surface area contributed by atoms with Crippen molar-refractivity contribution in [2.75, 3.05) is 19.6 Å². The fourth-order valence-corrected chi connectivity index (χ4v) is 6.06. The van der Waals surface area contributed by atoms with Crippen LogP contribution in [0.15, 0.2) is 66.0 Å². The van der Waals surface area contributed by atoms with E-state index in [1.165, 1.54) is 4.31 Å². The van der Waals surface area contributed by atoms with E-state index in [0.29, 0.717) is 18.0 Å². The van der Waals surface area contributed by atoms with Gasteiger partial charge < -0.3 is 4.74 Å². The van der Waals surface area contributed by atoms with E-state index in [1.807, 2.05) is 43.7 Å². The molecular formula is C22H25N5O3S. The van der Waals surface area contributed by atoms with Crippen molar-refractivity contribution in [3.63, 3.8) is 0 Å². The molecule has 8 nitrogen and oxygen atoms in total. The Hall–Kier alpha value is -2.75. The van der Waals surface area contributed by atoms with Gasteiger partial charge in [0.1, 0.15) is 16.2 Å². The highest BCUT2D eigenvalue weighted by Gasteiger charge is 2.47. The van der Waals surface area contributed by atoms with Crippen molar-refractivity contribution in [1.82, 2.24) is 24.0 Å². The lowest BCUT2D eigenvalue weighted by Gasteiger charge is -2.32. The Labute approximate surface area is 182 Å². The molecule has 1 saturated heterocycles. The van der Waals surface area contributed by atoms with Crippen molar-refractivity contribution in [3.8, 4) is 5.75 Å². The molecule has 5 rings (SSSR count). The minimum absolute atomic E-state index is 0.214. The van der Waals surface area contributed by atoms with Crippen LogP contribution < -0.4 is 4.74 Å². The Morgan fingerprint density at radius 3 is 2.71 bits per heavy atom. The summed E-state index contributed by atoms with van der Waals surface area (Å²) in [4.78, 5) is 6.86. The number of aryl methyl sites for hydroxylation is 1. The number of aromatic nitrogens is 3. The third-order valence-corrected chi connectivity index (χ3v) is 7.71. The summed E-state index contributed by atoms with van der Waals surface area (Å²) >= 11 is 0. The lowest BCUT2D eigenvalue weighted by Crippen LogP contribution is -2.49. The second-order valence-corrected chi connectivity index (χ2v) is 10.2. The number of hydrogen-bond donors (Lipinski definition) is 0. The van der Waals surface area contributed by atoms with Gasteiger partial charge in [-0.05, 0) is 24.3 Å². The van der Waals surface area contributed by atoms with E-state index in [4.69, 9.17) is 4.74 Å². The molecule has 4 heterocycles. The monoisotopic (exact) mass is 439 g/mol. The van der Waals surface area contributed by atoms with Crippen molar-refractivity contribution < 1.29 is 13.2 Å². The molecule has 0 aliphatic carbocycles. The van der Waals surface area contributed by atoms with Crippen LogP contribution in [0, 0.1) is 0 Å². The molecule has 2 aromatic heterocycles. The molecule has 0 saturated carbocycles. The van der Waals surface area contributed by atoms with Crippen LogP contribution in [0.3, 0.4) is 0 Å². The number of pyridine rings is 1. The van der Waals surface area contributed by atoms with Gasteiger partial charge in [-0.2, -0.15) is 9.40 Å². The van der Waals surface area contributed by atoms with Crippen LogP contribution in [0.2, 0.25) is 0 Å². The number of hydrogen-bond acceptors (Lipinski definition) is 6. The zero-order chi connectivity index (χ0) is 21.5. The quantitative estimate of drug-likeness (QED) is 0.619. The first-order valence-electron chi connectivity index (χ1n) is 10.3. The number of likely N-dealkylation sites (tertiary alicyclic amines) is 1. The molecule has 2 aliphatic rings. The molecule has 2 aliphatic heterocycles. The van der Waals surface area contributed by atoms with Crippen molar-refractivity contribution in [2.24, 2.45) is 7.05 Å². The number of benzene rings is 1. The molecule has 1 atom stereocenters. The molecule has 0 radical (unpaired) electrons. The highest BCUT2D eigenvalue weighted by atomic mass is 32.2. The fraction of sp³-hybridized carbons (Fsp3) is 0.364. The largest absolute Gasteiger partial charge is 0.483 e. The van der Waals surface area contributed by atoms with E-state index in [1.54, 1.807) is 29.1 Å². The Balaban J connectivity index is 1.47. The molecule has 0 bridgehead atoms. The van der Waals surface area contributed by atoms with Crippen molar-refractivity contribution in [2.45, 2.75) is 30.0 Å². The number of sulfonamides is 1. The van der Waals surface area contributed by atoms with E-state index in [-0.39, 0.29) is 18.0 Å². The van der Waals surface area contributed by atoms with Gasteiger partial charge in [0.25, 0.3) is 0 Å². The Bertz CT molecular complexity index is 1180. The first-order valence-corrected chi connectivity index (χ1v) is 11.8. The van der Waals surface area contributed by atoms with Gasteiger partial charge in [-0.3, -0.25) is 14.6 Å². The van der Waals surface area contributed by atoms with Gasteiger partial charge in [-0.15, -0.1) is 0 Å². The van der Waals surface area contributed by atoms with Crippen LogP contribution in [0.1, 0.15) is 17.7 Å². The molecule has 9 heteroatoms. The smallest absolute Gasteiger partial charge is 0.247 e. The van der Waals surface area contributed by atoms with Crippen LogP contribution in [0.5, 0.6) is 5.75 Å². The summed E-state index contributed by atoms with van der Waals surface area (Å²) in [7, 11) is -1.81. The van der Waals surface area contributed by atoms with E-state index < -0.39 is 15.6 Å². The maximum Gasteiger partial charge on any atom is 0.247 e. The van der Waals surface area contributed by atoms with Gasteiger partial charge in [0.2, 0.25) is 10.0 Å². The van der Waals surface area contributed by atoms with Gasteiger partial charge in [-0.25, -0.2) is 8.42 Å². The Morgan fingerprint density at radius 1 is 1.10 bits per heavy atom. The average Bonchev–Trinajstić information content (AvgIpc) is 3.32. The van der Waals surface area contributed by atoms with Crippen molar-refractivity contribution in [3.05, 3.63) is 72.3 Å². The zero-order valence-electron chi connectivity index (χ0n) is 17.4. The van der Waals surface area contributed by atoms with E-state index >= 15 is 0 Å². The van der Waals surface area contributed by atoms with E-state index in [9.17, 15) is 8.42 Å². The minimum atomic E-state index is -3.72. The standard InChI is InChI=1S/C22H25N5O3S/c1-25-13-18(12-24-25)14-26-11-9-22(16-26)17-27(15-19-6-4-5-10-23-19)31(28,29)21-8-3-2-7-20(21)30-22/h2-8,10,12-13H,9,11,14-17H2,1H3/t22-/m1/s1. The van der Waals surface area contributed by atoms with Gasteiger partial charge in [0, 0.05) is 51.1 Å². The predicted octanol–water partition coefficient (Wildman–Crippen LogP) is 2.04. The molecule has 1 spiro atoms. The normalized spacial score (nSPS) is 23.4.